The van der Waals surface area contributed by atoms with Crippen LogP contribution in [0, 0.1) is 0 Å². The number of nitrogens with zero attached hydrogens (tertiary/aromatic N) is 5. The van der Waals surface area contributed by atoms with Gasteiger partial charge in [0.15, 0.2) is 0 Å². The van der Waals surface area contributed by atoms with Crippen molar-refractivity contribution in [3.05, 3.63) is 139 Å². The molecule has 0 atom stereocenters. The van der Waals surface area contributed by atoms with E-state index < -0.39 is 0 Å². The van der Waals surface area contributed by atoms with Crippen molar-refractivity contribution in [3.63, 3.8) is 0 Å². The fraction of sp³-hybridized carbons (Fsp3) is 0.0526. The molecule has 0 aliphatic heterocycles. The zero-order chi connectivity index (χ0) is 28.8. The van der Waals surface area contributed by atoms with E-state index in [4.69, 9.17) is 15.0 Å². The first-order valence-corrected chi connectivity index (χ1v) is 14.6. The minimum Gasteiger partial charge on any atom is -0.296 e. The number of hydrogen-bond acceptors (Lipinski definition) is 4. The maximum Gasteiger partial charge on any atom is 0.114 e. The molecule has 8 rings (SSSR count). The molecule has 0 unspecified atom stereocenters. The first-order chi connectivity index (χ1) is 21.3. The molecule has 0 radical (unpaired) electrons. The Kier molecular flexibility index (Phi) is 6.00. The van der Waals surface area contributed by atoms with Gasteiger partial charge < -0.3 is 0 Å². The first-order valence-electron chi connectivity index (χ1n) is 14.6. The lowest BCUT2D eigenvalue weighted by molar-refractivity contribution is 0.908. The van der Waals surface area contributed by atoms with E-state index in [1.807, 2.05) is 48.5 Å². The molecule has 4 aromatic heterocycles. The lowest BCUT2D eigenvalue weighted by Gasteiger charge is -2.12. The van der Waals surface area contributed by atoms with Gasteiger partial charge in [-0.2, -0.15) is 0 Å². The molecule has 8 aromatic rings. The Labute approximate surface area is 249 Å². The van der Waals surface area contributed by atoms with Crippen LogP contribution in [0.4, 0.5) is 0 Å². The van der Waals surface area contributed by atoms with Gasteiger partial charge in [0.1, 0.15) is 5.82 Å². The highest BCUT2D eigenvalue weighted by atomic mass is 15.1. The summed E-state index contributed by atoms with van der Waals surface area (Å²) < 4.78 is 2.27. The van der Waals surface area contributed by atoms with E-state index in [1.54, 1.807) is 6.20 Å². The normalized spacial score (nSPS) is 11.5. The Bertz CT molecular complexity index is 2250. The summed E-state index contributed by atoms with van der Waals surface area (Å²) in [6.45, 7) is 2.16. The minimum atomic E-state index is 0.820. The lowest BCUT2D eigenvalue weighted by Crippen LogP contribution is -1.99. The van der Waals surface area contributed by atoms with Crippen LogP contribution in [0.25, 0.3) is 72.3 Å². The number of aromatic nitrogens is 5. The summed E-state index contributed by atoms with van der Waals surface area (Å²) in [4.78, 5) is 19.9. The van der Waals surface area contributed by atoms with Crippen molar-refractivity contribution < 1.29 is 0 Å². The van der Waals surface area contributed by atoms with Crippen LogP contribution in [0.1, 0.15) is 12.7 Å². The Morgan fingerprint density at radius 2 is 1.30 bits per heavy atom. The molecule has 5 heteroatoms. The first kappa shape index (κ1) is 25.1. The number of benzene rings is 4. The number of para-hydroxylation sites is 2. The van der Waals surface area contributed by atoms with E-state index in [1.165, 1.54) is 0 Å². The summed E-state index contributed by atoms with van der Waals surface area (Å²) in [6.07, 6.45) is 2.61. The smallest absolute Gasteiger partial charge is 0.114 e. The van der Waals surface area contributed by atoms with E-state index in [2.05, 4.69) is 95.3 Å². The van der Waals surface area contributed by atoms with Gasteiger partial charge in [-0.15, -0.1) is 0 Å². The van der Waals surface area contributed by atoms with Gasteiger partial charge in [-0.1, -0.05) is 85.8 Å². The predicted molar refractivity (Wildman–Crippen MR) is 175 cm³/mol. The van der Waals surface area contributed by atoms with Crippen molar-refractivity contribution in [2.45, 2.75) is 13.3 Å². The second-order valence-corrected chi connectivity index (χ2v) is 10.6. The molecule has 4 heterocycles. The third-order valence-corrected chi connectivity index (χ3v) is 8.02. The summed E-state index contributed by atoms with van der Waals surface area (Å²) in [5, 5.41) is 3.36. The summed E-state index contributed by atoms with van der Waals surface area (Å²) >= 11 is 0. The second kappa shape index (κ2) is 10.3. The van der Waals surface area contributed by atoms with Crippen LogP contribution in [0.5, 0.6) is 0 Å². The molecule has 0 fully saturated rings. The monoisotopic (exact) mass is 553 g/mol. The second-order valence-electron chi connectivity index (χ2n) is 10.6. The van der Waals surface area contributed by atoms with Crippen molar-refractivity contribution in [2.75, 3.05) is 0 Å². The van der Waals surface area contributed by atoms with E-state index in [9.17, 15) is 0 Å². The van der Waals surface area contributed by atoms with Crippen molar-refractivity contribution in [3.8, 4) is 39.6 Å². The molecule has 0 saturated heterocycles. The van der Waals surface area contributed by atoms with Gasteiger partial charge in [0, 0.05) is 40.2 Å². The lowest BCUT2D eigenvalue weighted by atomic mass is 9.97. The fourth-order valence-electron chi connectivity index (χ4n) is 5.99. The molecular formula is C38H27N5. The topological polar surface area (TPSA) is 56.5 Å². The van der Waals surface area contributed by atoms with Gasteiger partial charge in [-0.05, 0) is 53.9 Å². The van der Waals surface area contributed by atoms with Gasteiger partial charge in [0.25, 0.3) is 0 Å². The van der Waals surface area contributed by atoms with Gasteiger partial charge in [0.05, 0.1) is 39.3 Å². The molecule has 0 saturated carbocycles. The number of aryl methyl sites for hydroxylation is 1. The molecule has 0 aliphatic rings. The Morgan fingerprint density at radius 1 is 0.558 bits per heavy atom. The maximum absolute atomic E-state index is 5.24. The number of fused-ring (bicyclic) bond motifs is 5. The van der Waals surface area contributed by atoms with Crippen molar-refractivity contribution in [1.29, 1.82) is 0 Å². The highest BCUT2D eigenvalue weighted by molar-refractivity contribution is 6.19. The molecule has 0 bridgehead atoms. The summed E-state index contributed by atoms with van der Waals surface area (Å²) in [6, 6.07) is 43.8. The van der Waals surface area contributed by atoms with Gasteiger partial charge in [0.2, 0.25) is 0 Å². The molecule has 4 aromatic carbocycles. The quantitative estimate of drug-likeness (QED) is 0.200. The molecule has 0 aliphatic carbocycles. The SMILES string of the molecule is CCc1nc2c3c(-c4ccc(-c5cccc(-c6ccccn6)n5)cc4)nc4ccccc4c3ccc2n1-c1ccccc1. The van der Waals surface area contributed by atoms with Crippen LogP contribution in [0.15, 0.2) is 134 Å². The maximum atomic E-state index is 5.24. The predicted octanol–water partition coefficient (Wildman–Crippen LogP) is 9.08. The molecule has 43 heavy (non-hydrogen) atoms. The molecular weight excluding hydrogens is 526 g/mol. The van der Waals surface area contributed by atoms with Gasteiger partial charge in [-0.3, -0.25) is 9.55 Å². The number of imidazole rings is 1. The molecule has 0 amide bonds. The molecule has 0 spiro atoms. The van der Waals surface area contributed by atoms with Crippen LogP contribution >= 0.6 is 0 Å². The number of rotatable bonds is 5. The Balaban J connectivity index is 1.32. The highest BCUT2D eigenvalue weighted by Crippen LogP contribution is 2.38. The highest BCUT2D eigenvalue weighted by Gasteiger charge is 2.19. The van der Waals surface area contributed by atoms with E-state index in [0.29, 0.717) is 0 Å². The minimum absolute atomic E-state index is 0.820. The third-order valence-electron chi connectivity index (χ3n) is 8.02. The largest absolute Gasteiger partial charge is 0.296 e. The average molecular weight is 554 g/mol. The molecule has 204 valence electrons. The summed E-state index contributed by atoms with van der Waals surface area (Å²) in [5.41, 5.74) is 9.77. The Morgan fingerprint density at radius 3 is 2.12 bits per heavy atom. The van der Waals surface area contributed by atoms with E-state index >= 15 is 0 Å². The van der Waals surface area contributed by atoms with Crippen LogP contribution in [0.3, 0.4) is 0 Å². The van der Waals surface area contributed by atoms with Crippen LogP contribution in [0.2, 0.25) is 0 Å². The van der Waals surface area contributed by atoms with Crippen molar-refractivity contribution in [2.24, 2.45) is 0 Å². The standard InChI is InChI=1S/C38H27N5/c1-2-35-42-38-34(43(35)27-11-4-3-5-12-27)23-22-29-28-13-6-7-14-31(28)41-37(36(29)38)26-20-18-25(19-21-26)30-16-10-17-33(40-30)32-15-8-9-24-39-32/h3-24H,2H2,1H3. The molecule has 0 N–H and O–H groups in total. The van der Waals surface area contributed by atoms with Crippen LogP contribution < -0.4 is 0 Å². The zero-order valence-electron chi connectivity index (χ0n) is 23.6. The number of hydrogen-bond donors (Lipinski definition) is 0. The van der Waals surface area contributed by atoms with Crippen molar-refractivity contribution >= 4 is 32.7 Å². The van der Waals surface area contributed by atoms with Gasteiger partial charge in [-0.25, -0.2) is 15.0 Å². The summed E-state index contributed by atoms with van der Waals surface area (Å²) in [5.74, 6) is 1.03. The Hall–Kier alpha value is -5.68. The average Bonchev–Trinajstić information content (AvgIpc) is 3.48. The fourth-order valence-corrected chi connectivity index (χ4v) is 5.99. The van der Waals surface area contributed by atoms with E-state index in [0.717, 1.165) is 84.5 Å². The van der Waals surface area contributed by atoms with Gasteiger partial charge >= 0.3 is 0 Å². The van der Waals surface area contributed by atoms with Crippen LogP contribution in [-0.2, 0) is 6.42 Å². The number of pyridine rings is 3. The van der Waals surface area contributed by atoms with E-state index in [-0.39, 0.29) is 0 Å². The van der Waals surface area contributed by atoms with Crippen LogP contribution in [-0.4, -0.2) is 24.5 Å². The zero-order valence-corrected chi connectivity index (χ0v) is 23.6. The summed E-state index contributed by atoms with van der Waals surface area (Å²) in [7, 11) is 0. The van der Waals surface area contributed by atoms with Crippen molar-refractivity contribution in [1.82, 2.24) is 24.5 Å². The molecule has 5 nitrogen and oxygen atoms in total. The third kappa shape index (κ3) is 4.25.